The van der Waals surface area contributed by atoms with E-state index < -0.39 is 46.9 Å². The van der Waals surface area contributed by atoms with Gasteiger partial charge < -0.3 is 38.3 Å². The SMILES string of the molecule is CC(=O)c1cc2c(OC(=O)NCCN(CCC(=O)OC(C)(C)C)C(=O)OC(C)(C)C)c3ccccc3c(OC(=O)OC(C)(C)C)c2o1. The fourth-order valence-corrected chi connectivity index (χ4v) is 4.28. The number of ketones is 1. The third-order valence-electron chi connectivity index (χ3n) is 6.02. The molecule has 3 rings (SSSR count). The first kappa shape index (κ1) is 36.7. The zero-order chi connectivity index (χ0) is 35.3. The van der Waals surface area contributed by atoms with Gasteiger partial charge in [-0.05, 0) is 68.4 Å². The number of fused-ring (bicyclic) bond motifs is 2. The van der Waals surface area contributed by atoms with Crippen molar-refractivity contribution in [3.05, 3.63) is 36.1 Å². The van der Waals surface area contributed by atoms with Crippen LogP contribution in [0.1, 0.15) is 86.2 Å². The molecular formula is C34H44N2O11. The summed E-state index contributed by atoms with van der Waals surface area (Å²) in [6.45, 7) is 16.7. The summed E-state index contributed by atoms with van der Waals surface area (Å²) in [6, 6.07) is 8.08. The molecule has 3 aromatic rings. The second-order valence-electron chi connectivity index (χ2n) is 13.8. The van der Waals surface area contributed by atoms with Crippen LogP contribution in [0.5, 0.6) is 11.5 Å². The first-order valence-corrected chi connectivity index (χ1v) is 15.2. The summed E-state index contributed by atoms with van der Waals surface area (Å²) in [4.78, 5) is 64.5. The molecule has 0 unspecified atom stereocenters. The molecule has 256 valence electrons. The van der Waals surface area contributed by atoms with Crippen LogP contribution in [0.15, 0.2) is 34.7 Å². The molecule has 13 heteroatoms. The van der Waals surface area contributed by atoms with Crippen molar-refractivity contribution in [2.24, 2.45) is 0 Å². The van der Waals surface area contributed by atoms with Crippen molar-refractivity contribution >= 4 is 51.8 Å². The van der Waals surface area contributed by atoms with Gasteiger partial charge in [0.2, 0.25) is 0 Å². The molecule has 0 bridgehead atoms. The van der Waals surface area contributed by atoms with Crippen molar-refractivity contribution in [3.8, 4) is 11.5 Å². The van der Waals surface area contributed by atoms with E-state index in [4.69, 9.17) is 28.1 Å². The van der Waals surface area contributed by atoms with Crippen LogP contribution in [0.3, 0.4) is 0 Å². The number of esters is 1. The second kappa shape index (κ2) is 14.3. The van der Waals surface area contributed by atoms with Crippen molar-refractivity contribution in [1.29, 1.82) is 0 Å². The molecule has 1 heterocycles. The zero-order valence-corrected chi connectivity index (χ0v) is 28.7. The molecular weight excluding hydrogens is 612 g/mol. The minimum Gasteiger partial charge on any atom is -0.460 e. The number of carbonyl (C=O) groups excluding carboxylic acids is 5. The Kier molecular flexibility index (Phi) is 11.2. The maximum atomic E-state index is 13.1. The number of amides is 2. The molecule has 47 heavy (non-hydrogen) atoms. The van der Waals surface area contributed by atoms with Crippen LogP contribution < -0.4 is 14.8 Å². The highest BCUT2D eigenvalue weighted by atomic mass is 16.7. The topological polar surface area (TPSA) is 160 Å². The number of hydrogen-bond donors (Lipinski definition) is 1. The van der Waals surface area contributed by atoms with Gasteiger partial charge in [0.25, 0.3) is 0 Å². The van der Waals surface area contributed by atoms with Crippen LogP contribution in [0.25, 0.3) is 21.7 Å². The van der Waals surface area contributed by atoms with Gasteiger partial charge in [-0.1, -0.05) is 24.3 Å². The van der Waals surface area contributed by atoms with E-state index in [9.17, 15) is 24.0 Å². The summed E-state index contributed by atoms with van der Waals surface area (Å²) in [5, 5.41) is 3.56. The fraction of sp³-hybridized carbons (Fsp3) is 0.500. The highest BCUT2D eigenvalue weighted by molar-refractivity contribution is 6.12. The molecule has 2 amide bonds. The monoisotopic (exact) mass is 656 g/mol. The average Bonchev–Trinajstić information content (AvgIpc) is 3.35. The Morgan fingerprint density at radius 3 is 1.87 bits per heavy atom. The Hall–Kier alpha value is -4.81. The molecule has 0 saturated heterocycles. The minimum atomic E-state index is -0.989. The van der Waals surface area contributed by atoms with E-state index in [-0.39, 0.29) is 54.3 Å². The van der Waals surface area contributed by atoms with Gasteiger partial charge in [-0.2, -0.15) is 0 Å². The molecule has 0 aliphatic rings. The third kappa shape index (κ3) is 10.9. The molecule has 2 aromatic carbocycles. The Labute approximate surface area is 273 Å². The summed E-state index contributed by atoms with van der Waals surface area (Å²) in [7, 11) is 0. The van der Waals surface area contributed by atoms with Crippen molar-refractivity contribution < 1.29 is 52.1 Å². The molecule has 0 fully saturated rings. The summed E-state index contributed by atoms with van der Waals surface area (Å²) in [5.74, 6) is -0.901. The molecule has 0 aliphatic heterocycles. The van der Waals surface area contributed by atoms with Gasteiger partial charge in [-0.25, -0.2) is 14.4 Å². The molecule has 1 aromatic heterocycles. The van der Waals surface area contributed by atoms with Crippen LogP contribution in [-0.4, -0.2) is 71.4 Å². The van der Waals surface area contributed by atoms with E-state index in [2.05, 4.69) is 5.32 Å². The Morgan fingerprint density at radius 2 is 1.32 bits per heavy atom. The fourth-order valence-electron chi connectivity index (χ4n) is 4.28. The number of ether oxygens (including phenoxy) is 5. The number of hydrogen-bond acceptors (Lipinski definition) is 11. The van der Waals surface area contributed by atoms with Crippen LogP contribution in [0.4, 0.5) is 14.4 Å². The predicted octanol–water partition coefficient (Wildman–Crippen LogP) is 7.16. The molecule has 0 atom stereocenters. The summed E-state index contributed by atoms with van der Waals surface area (Å²) in [6.07, 6.45) is -2.61. The largest absolute Gasteiger partial charge is 0.514 e. The van der Waals surface area contributed by atoms with Crippen molar-refractivity contribution in [2.45, 2.75) is 92.5 Å². The zero-order valence-electron chi connectivity index (χ0n) is 28.7. The van der Waals surface area contributed by atoms with Crippen molar-refractivity contribution in [1.82, 2.24) is 10.2 Å². The van der Waals surface area contributed by atoms with Crippen molar-refractivity contribution in [2.75, 3.05) is 19.6 Å². The number of rotatable bonds is 9. The van der Waals surface area contributed by atoms with Crippen LogP contribution >= 0.6 is 0 Å². The lowest BCUT2D eigenvalue weighted by Gasteiger charge is -2.27. The molecule has 0 aliphatic carbocycles. The Morgan fingerprint density at radius 1 is 0.745 bits per heavy atom. The van der Waals surface area contributed by atoms with Gasteiger partial charge in [-0.3, -0.25) is 9.59 Å². The average molecular weight is 657 g/mol. The smallest absolute Gasteiger partial charge is 0.460 e. The van der Waals surface area contributed by atoms with Gasteiger partial charge in [-0.15, -0.1) is 0 Å². The summed E-state index contributed by atoms with van der Waals surface area (Å²) < 4.78 is 33.3. The number of carbonyl (C=O) groups is 5. The van der Waals surface area contributed by atoms with E-state index in [1.165, 1.54) is 17.9 Å². The van der Waals surface area contributed by atoms with Gasteiger partial charge in [0.05, 0.1) is 11.8 Å². The van der Waals surface area contributed by atoms with Crippen molar-refractivity contribution in [3.63, 3.8) is 0 Å². The van der Waals surface area contributed by atoms with E-state index in [0.29, 0.717) is 10.8 Å². The number of benzene rings is 2. The Bertz CT molecular complexity index is 1650. The van der Waals surface area contributed by atoms with E-state index in [1.54, 1.807) is 86.6 Å². The molecule has 0 saturated carbocycles. The first-order chi connectivity index (χ1) is 21.6. The third-order valence-corrected chi connectivity index (χ3v) is 6.02. The van der Waals surface area contributed by atoms with E-state index in [0.717, 1.165) is 0 Å². The lowest BCUT2D eigenvalue weighted by Crippen LogP contribution is -2.43. The quantitative estimate of drug-likeness (QED) is 0.108. The van der Waals surface area contributed by atoms with E-state index >= 15 is 0 Å². The van der Waals surface area contributed by atoms with E-state index in [1.807, 2.05) is 0 Å². The summed E-state index contributed by atoms with van der Waals surface area (Å²) >= 11 is 0. The lowest BCUT2D eigenvalue weighted by atomic mass is 10.1. The van der Waals surface area contributed by atoms with Gasteiger partial charge in [0, 0.05) is 37.3 Å². The van der Waals surface area contributed by atoms with Crippen LogP contribution in [0.2, 0.25) is 0 Å². The molecule has 13 nitrogen and oxygen atoms in total. The van der Waals surface area contributed by atoms with Crippen LogP contribution in [0, 0.1) is 0 Å². The maximum Gasteiger partial charge on any atom is 0.514 e. The predicted molar refractivity (Wildman–Crippen MR) is 173 cm³/mol. The standard InChI is InChI=1S/C34H44N2O11/c1-20(37)24-19-23-26(21-13-11-12-14-22(21)27(28(23)42-24)44-31(41)47-34(8,9)10)43-29(39)35-16-18-36(30(40)46-33(5,6)7)17-15-25(38)45-32(2,3)4/h11-14,19H,15-18H2,1-10H3,(H,35,39). The van der Waals surface area contributed by atoms with Gasteiger partial charge in [0.15, 0.2) is 28.6 Å². The van der Waals surface area contributed by atoms with Gasteiger partial charge >= 0.3 is 24.3 Å². The number of furan rings is 1. The molecule has 0 radical (unpaired) electrons. The minimum absolute atomic E-state index is 0.000743. The highest BCUT2D eigenvalue weighted by Gasteiger charge is 2.28. The summed E-state index contributed by atoms with van der Waals surface area (Å²) in [5.41, 5.74) is -2.31. The number of Topliss-reactive ketones (excluding diaryl/α,β-unsaturated/α-hetero) is 1. The van der Waals surface area contributed by atoms with Crippen LogP contribution in [-0.2, 0) is 19.0 Å². The number of nitrogens with one attached hydrogen (secondary N) is 1. The second-order valence-corrected chi connectivity index (χ2v) is 13.8. The highest BCUT2D eigenvalue weighted by Crippen LogP contribution is 2.44. The molecule has 1 N–H and O–H groups in total. The normalized spacial score (nSPS) is 12.0. The first-order valence-electron chi connectivity index (χ1n) is 15.2. The van der Waals surface area contributed by atoms with Gasteiger partial charge in [0.1, 0.15) is 16.8 Å². The number of nitrogens with zero attached hydrogens (tertiary/aromatic N) is 1. The lowest BCUT2D eigenvalue weighted by molar-refractivity contribution is -0.155. The maximum absolute atomic E-state index is 13.1. The molecule has 0 spiro atoms. The Balaban J connectivity index is 1.86.